The molecule has 0 atom stereocenters. The number of nitro groups is 1. The normalized spacial score (nSPS) is 11.9. The van der Waals surface area contributed by atoms with Crippen molar-refractivity contribution in [3.05, 3.63) is 52.6 Å². The molecule has 5 aromatic rings. The Hall–Kier alpha value is -4.41. The molecule has 3 heterocycles. The minimum Gasteiger partial charge on any atom is -0.493 e. The number of hydrogen-bond donors (Lipinski definition) is 2. The Kier molecular flexibility index (Phi) is 3.50. The molecule has 0 bridgehead atoms. The summed E-state index contributed by atoms with van der Waals surface area (Å²) in [5, 5.41) is 38.9. The van der Waals surface area contributed by atoms with Crippen LogP contribution >= 0.6 is 0 Å². The number of para-hydroxylation sites is 1. The van der Waals surface area contributed by atoms with Gasteiger partial charge >= 0.3 is 0 Å². The molecule has 0 saturated heterocycles. The Balaban J connectivity index is 1.61. The number of benzene rings is 2. The van der Waals surface area contributed by atoms with Crippen LogP contribution in [-0.2, 0) is 7.05 Å². The molecule has 0 aliphatic rings. The molecular weight excluding hydrogens is 376 g/mol. The third kappa shape index (κ3) is 2.56. The summed E-state index contributed by atoms with van der Waals surface area (Å²) in [6.45, 7) is 0. The summed E-state index contributed by atoms with van der Waals surface area (Å²) < 4.78 is 1.47. The van der Waals surface area contributed by atoms with Crippen molar-refractivity contribution >= 4 is 50.3 Å². The van der Waals surface area contributed by atoms with Crippen LogP contribution in [-0.4, -0.2) is 34.8 Å². The molecule has 0 aliphatic heterocycles. The summed E-state index contributed by atoms with van der Waals surface area (Å²) in [6, 6.07) is 11.8. The zero-order valence-electron chi connectivity index (χ0n) is 14.9. The second-order valence-corrected chi connectivity index (χ2v) is 6.37. The highest BCUT2D eigenvalue weighted by atomic mass is 16.6. The molecule has 0 fully saturated rings. The molecular formula is C18H12N8O3. The molecule has 0 aliphatic carbocycles. The van der Waals surface area contributed by atoms with Gasteiger partial charge in [-0.25, -0.2) is 0 Å². The Morgan fingerprint density at radius 1 is 1.14 bits per heavy atom. The minimum atomic E-state index is -0.513. The summed E-state index contributed by atoms with van der Waals surface area (Å²) in [5.41, 5.74) is 2.55. The quantitative estimate of drug-likeness (QED) is 0.271. The van der Waals surface area contributed by atoms with Crippen molar-refractivity contribution in [2.45, 2.75) is 0 Å². The van der Waals surface area contributed by atoms with Crippen molar-refractivity contribution in [2.75, 3.05) is 0 Å². The summed E-state index contributed by atoms with van der Waals surface area (Å²) in [7, 11) is 1.62. The second kappa shape index (κ2) is 6.05. The van der Waals surface area contributed by atoms with Crippen molar-refractivity contribution in [1.29, 1.82) is 0 Å². The van der Waals surface area contributed by atoms with Gasteiger partial charge in [-0.1, -0.05) is 18.2 Å². The lowest BCUT2D eigenvalue weighted by atomic mass is 10.2. The number of non-ortho nitro benzene ring substituents is 1. The third-order valence-electron chi connectivity index (χ3n) is 4.69. The minimum absolute atomic E-state index is 0.00844. The first-order chi connectivity index (χ1) is 14.0. The Bertz CT molecular complexity index is 1470. The van der Waals surface area contributed by atoms with E-state index in [4.69, 9.17) is 0 Å². The van der Waals surface area contributed by atoms with Gasteiger partial charge in [0.15, 0.2) is 11.3 Å². The highest BCUT2D eigenvalue weighted by Gasteiger charge is 2.18. The van der Waals surface area contributed by atoms with Gasteiger partial charge in [0.05, 0.1) is 10.4 Å². The van der Waals surface area contributed by atoms with E-state index in [-0.39, 0.29) is 23.2 Å². The second-order valence-electron chi connectivity index (χ2n) is 6.37. The van der Waals surface area contributed by atoms with E-state index < -0.39 is 4.92 Å². The Labute approximate surface area is 161 Å². The van der Waals surface area contributed by atoms with Gasteiger partial charge in [0.2, 0.25) is 5.88 Å². The Morgan fingerprint density at radius 2 is 1.97 bits per heavy atom. The van der Waals surface area contributed by atoms with Crippen molar-refractivity contribution < 1.29 is 10.0 Å². The average molecular weight is 388 g/mol. The zero-order chi connectivity index (χ0) is 20.1. The Morgan fingerprint density at radius 3 is 2.79 bits per heavy atom. The van der Waals surface area contributed by atoms with Crippen molar-refractivity contribution in [2.24, 2.45) is 17.3 Å². The number of hydrogen-bond acceptors (Lipinski definition) is 8. The fraction of sp³-hybridized carbons (Fsp3) is 0.0556. The predicted octanol–water partition coefficient (Wildman–Crippen LogP) is 4.03. The molecule has 142 valence electrons. The lowest BCUT2D eigenvalue weighted by Gasteiger charge is -1.96. The van der Waals surface area contributed by atoms with E-state index in [2.05, 4.69) is 30.4 Å². The molecule has 0 unspecified atom stereocenters. The number of nitrogens with zero attached hydrogens (tertiary/aromatic N) is 7. The SMILES string of the molecule is Cn1c(O)c(N=Nc2nnc3c(n2)[nH]c2ccccc23)c2cc([N+](=O)[O-])ccc21. The lowest BCUT2D eigenvalue weighted by molar-refractivity contribution is -0.384. The standard InChI is InChI=1S/C18H12N8O3/c1-25-13-7-6-9(26(28)29)8-11(13)15(17(25)27)22-24-18-20-16-14(21-23-18)10-4-2-3-5-12(10)19-16/h2-8,27H,1H3,(H,19,20,23). The molecule has 2 N–H and O–H groups in total. The third-order valence-corrected chi connectivity index (χ3v) is 4.69. The first-order valence-corrected chi connectivity index (χ1v) is 8.51. The van der Waals surface area contributed by atoms with E-state index in [0.717, 1.165) is 10.9 Å². The summed E-state index contributed by atoms with van der Waals surface area (Å²) in [5.74, 6) is -0.185. The summed E-state index contributed by atoms with van der Waals surface area (Å²) in [4.78, 5) is 18.0. The molecule has 29 heavy (non-hydrogen) atoms. The molecule has 3 aromatic heterocycles. The van der Waals surface area contributed by atoms with E-state index in [1.165, 1.54) is 16.7 Å². The topological polar surface area (TPSA) is 147 Å². The number of rotatable bonds is 3. The predicted molar refractivity (Wildman–Crippen MR) is 105 cm³/mol. The van der Waals surface area contributed by atoms with Crippen LogP contribution in [0, 0.1) is 10.1 Å². The van der Waals surface area contributed by atoms with E-state index in [1.807, 2.05) is 24.3 Å². The highest BCUT2D eigenvalue weighted by Crippen LogP contribution is 2.40. The van der Waals surface area contributed by atoms with Crippen LogP contribution in [0.4, 0.5) is 17.3 Å². The maximum Gasteiger partial charge on any atom is 0.289 e. The van der Waals surface area contributed by atoms with Crippen molar-refractivity contribution in [3.8, 4) is 5.88 Å². The van der Waals surface area contributed by atoms with Gasteiger partial charge in [-0.15, -0.1) is 20.4 Å². The largest absolute Gasteiger partial charge is 0.493 e. The number of nitrogens with one attached hydrogen (secondary N) is 1. The van der Waals surface area contributed by atoms with E-state index >= 15 is 0 Å². The smallest absolute Gasteiger partial charge is 0.289 e. The summed E-state index contributed by atoms with van der Waals surface area (Å²) >= 11 is 0. The number of H-pyrrole nitrogens is 1. The number of aromatic hydroxyl groups is 1. The van der Waals surface area contributed by atoms with Gasteiger partial charge < -0.3 is 14.7 Å². The van der Waals surface area contributed by atoms with Crippen LogP contribution in [0.2, 0.25) is 0 Å². The first kappa shape index (κ1) is 16.7. The molecule has 2 aromatic carbocycles. The van der Waals surface area contributed by atoms with Gasteiger partial charge in [-0.3, -0.25) is 10.1 Å². The van der Waals surface area contributed by atoms with Crippen molar-refractivity contribution in [1.82, 2.24) is 24.7 Å². The fourth-order valence-corrected chi connectivity index (χ4v) is 3.26. The summed E-state index contributed by atoms with van der Waals surface area (Å²) in [6.07, 6.45) is 0. The van der Waals surface area contributed by atoms with Gasteiger partial charge in [-0.05, 0) is 12.1 Å². The molecule has 0 radical (unpaired) electrons. The molecule has 11 heteroatoms. The molecule has 11 nitrogen and oxygen atoms in total. The molecule has 0 spiro atoms. The maximum atomic E-state index is 11.1. The van der Waals surface area contributed by atoms with Gasteiger partial charge in [0.1, 0.15) is 5.52 Å². The molecule has 0 amide bonds. The van der Waals surface area contributed by atoms with Gasteiger partial charge in [0.25, 0.3) is 11.6 Å². The van der Waals surface area contributed by atoms with E-state index in [0.29, 0.717) is 22.1 Å². The molecule has 0 saturated carbocycles. The fourth-order valence-electron chi connectivity index (χ4n) is 3.26. The van der Waals surface area contributed by atoms with Crippen LogP contribution in [0.5, 0.6) is 5.88 Å². The number of aromatic nitrogens is 5. The van der Waals surface area contributed by atoms with Crippen LogP contribution < -0.4 is 0 Å². The lowest BCUT2D eigenvalue weighted by Crippen LogP contribution is -1.88. The zero-order valence-corrected chi connectivity index (χ0v) is 14.9. The molecule has 5 rings (SSSR count). The highest BCUT2D eigenvalue weighted by molar-refractivity contribution is 6.03. The van der Waals surface area contributed by atoms with E-state index in [9.17, 15) is 15.2 Å². The van der Waals surface area contributed by atoms with Crippen LogP contribution in [0.1, 0.15) is 0 Å². The first-order valence-electron chi connectivity index (χ1n) is 8.51. The number of aryl methyl sites for hydroxylation is 1. The van der Waals surface area contributed by atoms with Crippen LogP contribution in [0.25, 0.3) is 33.0 Å². The van der Waals surface area contributed by atoms with Gasteiger partial charge in [0, 0.05) is 35.5 Å². The van der Waals surface area contributed by atoms with Crippen LogP contribution in [0.3, 0.4) is 0 Å². The van der Waals surface area contributed by atoms with E-state index in [1.54, 1.807) is 13.1 Å². The number of fused-ring (bicyclic) bond motifs is 4. The number of azo groups is 1. The van der Waals surface area contributed by atoms with Crippen LogP contribution in [0.15, 0.2) is 52.7 Å². The average Bonchev–Trinajstić information content (AvgIpc) is 3.21. The van der Waals surface area contributed by atoms with Gasteiger partial charge in [-0.2, -0.15) is 4.98 Å². The number of aromatic amines is 1. The monoisotopic (exact) mass is 388 g/mol. The van der Waals surface area contributed by atoms with Crippen molar-refractivity contribution in [3.63, 3.8) is 0 Å². The maximum absolute atomic E-state index is 11.1. The number of nitro benzene ring substituents is 1.